The molecule has 0 spiro atoms. The molecule has 0 saturated carbocycles. The molecular weight excluding hydrogens is 349 g/mol. The van der Waals surface area contributed by atoms with Crippen LogP contribution in [0.15, 0.2) is 48.5 Å². The van der Waals surface area contributed by atoms with Gasteiger partial charge in [-0.1, -0.05) is 13.8 Å². The predicted octanol–water partition coefficient (Wildman–Crippen LogP) is 4.43. The molecule has 2 N–H and O–H groups in total. The average Bonchev–Trinajstić information content (AvgIpc) is 2.55. The Kier molecular flexibility index (Phi) is 5.86. The van der Waals surface area contributed by atoms with Gasteiger partial charge in [0.1, 0.15) is 5.75 Å². The van der Waals surface area contributed by atoms with Gasteiger partial charge in [0.2, 0.25) is 5.91 Å². The molecule has 2 aromatic carbocycles. The van der Waals surface area contributed by atoms with Gasteiger partial charge in [0.15, 0.2) is 0 Å². The quantitative estimate of drug-likeness (QED) is 0.823. The highest BCUT2D eigenvalue weighted by molar-refractivity contribution is 6.04. The lowest BCUT2D eigenvalue weighted by molar-refractivity contribution is -0.274. The molecule has 2 rings (SSSR count). The lowest BCUT2D eigenvalue weighted by Gasteiger charge is -2.10. The van der Waals surface area contributed by atoms with Crippen LogP contribution in [0.1, 0.15) is 24.2 Å². The number of rotatable bonds is 5. The van der Waals surface area contributed by atoms with E-state index in [9.17, 15) is 22.8 Å². The summed E-state index contributed by atoms with van der Waals surface area (Å²) in [7, 11) is 0. The van der Waals surface area contributed by atoms with E-state index in [1.807, 2.05) is 0 Å². The summed E-state index contributed by atoms with van der Waals surface area (Å²) in [5.74, 6) is -1.16. The number of carbonyl (C=O) groups is 2. The molecule has 0 bridgehead atoms. The molecule has 5 nitrogen and oxygen atoms in total. The highest BCUT2D eigenvalue weighted by atomic mass is 19.4. The molecule has 8 heteroatoms. The Balaban J connectivity index is 1.98. The van der Waals surface area contributed by atoms with E-state index in [0.717, 1.165) is 12.1 Å². The van der Waals surface area contributed by atoms with Crippen LogP contribution >= 0.6 is 0 Å². The molecule has 0 aliphatic carbocycles. The third kappa shape index (κ3) is 5.80. The smallest absolute Gasteiger partial charge is 0.406 e. The van der Waals surface area contributed by atoms with E-state index in [1.165, 1.54) is 12.1 Å². The Bertz CT molecular complexity index is 770. The lowest BCUT2D eigenvalue weighted by atomic mass is 10.2. The molecule has 2 amide bonds. The highest BCUT2D eigenvalue weighted by Crippen LogP contribution is 2.23. The second-order valence-corrected chi connectivity index (χ2v) is 5.75. The number of amides is 2. The summed E-state index contributed by atoms with van der Waals surface area (Å²) in [4.78, 5) is 23.7. The van der Waals surface area contributed by atoms with E-state index in [-0.39, 0.29) is 17.4 Å². The Morgan fingerprint density at radius 1 is 0.885 bits per heavy atom. The number of nitrogens with one attached hydrogen (secondary N) is 2. The van der Waals surface area contributed by atoms with Crippen molar-refractivity contribution in [2.75, 3.05) is 10.6 Å². The number of carbonyl (C=O) groups excluding carboxylic acids is 2. The first-order chi connectivity index (χ1) is 12.1. The van der Waals surface area contributed by atoms with Crippen LogP contribution in [-0.4, -0.2) is 18.2 Å². The van der Waals surface area contributed by atoms with Crippen molar-refractivity contribution in [1.82, 2.24) is 0 Å². The lowest BCUT2D eigenvalue weighted by Crippen LogP contribution is -2.18. The molecule has 0 radical (unpaired) electrons. The first-order valence-corrected chi connectivity index (χ1v) is 7.72. The summed E-state index contributed by atoms with van der Waals surface area (Å²) in [5, 5.41) is 5.34. The number of ether oxygens (including phenoxy) is 1. The van der Waals surface area contributed by atoms with Crippen LogP contribution in [0.5, 0.6) is 5.75 Å². The van der Waals surface area contributed by atoms with Gasteiger partial charge in [-0.25, -0.2) is 0 Å². The minimum atomic E-state index is -4.78. The minimum Gasteiger partial charge on any atom is -0.406 e. The summed E-state index contributed by atoms with van der Waals surface area (Å²) >= 11 is 0. The summed E-state index contributed by atoms with van der Waals surface area (Å²) in [6.45, 7) is 3.55. The second-order valence-electron chi connectivity index (χ2n) is 5.75. The summed E-state index contributed by atoms with van der Waals surface area (Å²) in [5.41, 5.74) is 1.25. The van der Waals surface area contributed by atoms with Crippen molar-refractivity contribution < 1.29 is 27.5 Å². The fraction of sp³-hybridized carbons (Fsp3) is 0.222. The standard InChI is InChI=1S/C18H17F3N2O3/c1-11(2)16(24)22-13-5-7-14(8-6-13)23-17(25)12-3-9-15(10-4-12)26-18(19,20)21/h3-11H,1-2H3,(H,22,24)(H,23,25). The van der Waals surface area contributed by atoms with Gasteiger partial charge in [-0.3, -0.25) is 9.59 Å². The molecular formula is C18H17F3N2O3. The number of hydrogen-bond donors (Lipinski definition) is 2. The van der Waals surface area contributed by atoms with Crippen LogP contribution in [0.2, 0.25) is 0 Å². The number of anilines is 2. The Hall–Kier alpha value is -3.03. The molecule has 0 fully saturated rings. The maximum Gasteiger partial charge on any atom is 0.573 e. The van der Waals surface area contributed by atoms with E-state index in [0.29, 0.717) is 11.4 Å². The summed E-state index contributed by atoms with van der Waals surface area (Å²) in [6, 6.07) is 11.1. The van der Waals surface area contributed by atoms with Gasteiger partial charge >= 0.3 is 6.36 Å². The highest BCUT2D eigenvalue weighted by Gasteiger charge is 2.31. The molecule has 0 aromatic heterocycles. The largest absolute Gasteiger partial charge is 0.573 e. The fourth-order valence-electron chi connectivity index (χ4n) is 1.93. The normalized spacial score (nSPS) is 11.2. The first-order valence-electron chi connectivity index (χ1n) is 7.72. The van der Waals surface area contributed by atoms with Crippen molar-refractivity contribution in [3.8, 4) is 5.75 Å². The molecule has 0 aliphatic heterocycles. The van der Waals surface area contributed by atoms with E-state index >= 15 is 0 Å². The van der Waals surface area contributed by atoms with Crippen LogP contribution in [0.25, 0.3) is 0 Å². The van der Waals surface area contributed by atoms with Gasteiger partial charge in [0, 0.05) is 22.9 Å². The van der Waals surface area contributed by atoms with Gasteiger partial charge in [0.25, 0.3) is 5.91 Å². The van der Waals surface area contributed by atoms with Crippen molar-refractivity contribution in [3.63, 3.8) is 0 Å². The van der Waals surface area contributed by atoms with Gasteiger partial charge in [0.05, 0.1) is 0 Å². The van der Waals surface area contributed by atoms with Crippen LogP contribution in [0, 0.1) is 5.92 Å². The maximum absolute atomic E-state index is 12.1. The number of alkyl halides is 3. The van der Waals surface area contributed by atoms with Crippen molar-refractivity contribution in [3.05, 3.63) is 54.1 Å². The van der Waals surface area contributed by atoms with Crippen molar-refractivity contribution in [2.24, 2.45) is 5.92 Å². The summed E-state index contributed by atoms with van der Waals surface area (Å²) in [6.07, 6.45) is -4.78. The van der Waals surface area contributed by atoms with E-state index < -0.39 is 18.0 Å². The molecule has 26 heavy (non-hydrogen) atoms. The van der Waals surface area contributed by atoms with Crippen molar-refractivity contribution in [1.29, 1.82) is 0 Å². The SMILES string of the molecule is CC(C)C(=O)Nc1ccc(NC(=O)c2ccc(OC(F)(F)F)cc2)cc1. The molecule has 2 aromatic rings. The molecule has 0 aliphatic rings. The van der Waals surface area contributed by atoms with Crippen LogP contribution < -0.4 is 15.4 Å². The third-order valence-corrected chi connectivity index (χ3v) is 3.28. The molecule has 0 saturated heterocycles. The molecule has 0 heterocycles. The fourth-order valence-corrected chi connectivity index (χ4v) is 1.93. The topological polar surface area (TPSA) is 67.4 Å². The van der Waals surface area contributed by atoms with Crippen LogP contribution in [-0.2, 0) is 4.79 Å². The number of hydrogen-bond acceptors (Lipinski definition) is 3. The van der Waals surface area contributed by atoms with Crippen LogP contribution in [0.3, 0.4) is 0 Å². The first kappa shape index (κ1) is 19.3. The zero-order chi connectivity index (χ0) is 19.3. The summed E-state index contributed by atoms with van der Waals surface area (Å²) < 4.78 is 40.1. The third-order valence-electron chi connectivity index (χ3n) is 3.28. The molecule has 0 atom stereocenters. The number of benzene rings is 2. The molecule has 138 valence electrons. The van der Waals surface area contributed by atoms with Crippen molar-refractivity contribution in [2.45, 2.75) is 20.2 Å². The van der Waals surface area contributed by atoms with Crippen LogP contribution in [0.4, 0.5) is 24.5 Å². The van der Waals surface area contributed by atoms with Gasteiger partial charge < -0.3 is 15.4 Å². The zero-order valence-corrected chi connectivity index (χ0v) is 14.1. The monoisotopic (exact) mass is 366 g/mol. The Morgan fingerprint density at radius 3 is 1.85 bits per heavy atom. The zero-order valence-electron chi connectivity index (χ0n) is 14.1. The predicted molar refractivity (Wildman–Crippen MR) is 91.0 cm³/mol. The van der Waals surface area contributed by atoms with E-state index in [1.54, 1.807) is 38.1 Å². The molecule has 0 unspecified atom stereocenters. The van der Waals surface area contributed by atoms with Gasteiger partial charge in [-0.05, 0) is 48.5 Å². The second kappa shape index (κ2) is 7.90. The van der Waals surface area contributed by atoms with E-state index in [4.69, 9.17) is 0 Å². The van der Waals surface area contributed by atoms with Crippen molar-refractivity contribution >= 4 is 23.2 Å². The van der Waals surface area contributed by atoms with Gasteiger partial charge in [-0.2, -0.15) is 0 Å². The van der Waals surface area contributed by atoms with E-state index in [2.05, 4.69) is 15.4 Å². The minimum absolute atomic E-state index is 0.122. The Morgan fingerprint density at radius 2 is 1.38 bits per heavy atom. The maximum atomic E-state index is 12.1. The van der Waals surface area contributed by atoms with Gasteiger partial charge in [-0.15, -0.1) is 13.2 Å². The Labute approximate surface area is 148 Å². The average molecular weight is 366 g/mol. The number of halogens is 3.